The molecule has 0 heterocycles. The summed E-state index contributed by atoms with van der Waals surface area (Å²) in [6.07, 6.45) is 4.21. The van der Waals surface area contributed by atoms with Crippen LogP contribution in [0.25, 0.3) is 0 Å². The topological polar surface area (TPSA) is 29.5 Å². The van der Waals surface area contributed by atoms with Crippen LogP contribution >= 0.6 is 0 Å². The van der Waals surface area contributed by atoms with Gasteiger partial charge in [0.2, 0.25) is 0 Å². The Morgan fingerprint density at radius 3 is 2.56 bits per heavy atom. The van der Waals surface area contributed by atoms with Crippen LogP contribution in [0.2, 0.25) is 0 Å². The Morgan fingerprint density at radius 2 is 2.00 bits per heavy atom. The Kier molecular flexibility index (Phi) is 3.83. The van der Waals surface area contributed by atoms with Crippen LogP contribution in [-0.4, -0.2) is 11.7 Å². The van der Waals surface area contributed by atoms with Gasteiger partial charge in [0.05, 0.1) is 12.7 Å². The zero-order valence-electron chi connectivity index (χ0n) is 9.86. The summed E-state index contributed by atoms with van der Waals surface area (Å²) in [6.45, 7) is 2.84. The third kappa shape index (κ3) is 3.24. The second-order valence-corrected chi connectivity index (χ2v) is 4.61. The molecular weight excluding hydrogens is 200 g/mol. The molecule has 1 N–H and O–H groups in total. The number of benzene rings is 1. The highest BCUT2D eigenvalue weighted by Gasteiger charge is 2.25. The summed E-state index contributed by atoms with van der Waals surface area (Å²) in [5, 5.41) is 9.96. The number of ether oxygens (including phenoxy) is 1. The summed E-state index contributed by atoms with van der Waals surface area (Å²) in [5.74, 6) is 1.65. The van der Waals surface area contributed by atoms with Crippen molar-refractivity contribution in [1.29, 1.82) is 0 Å². The number of hydrogen-bond acceptors (Lipinski definition) is 2. The minimum absolute atomic E-state index is 0.298. The summed E-state index contributed by atoms with van der Waals surface area (Å²) in [4.78, 5) is 0. The zero-order valence-corrected chi connectivity index (χ0v) is 9.86. The average Bonchev–Trinajstić information content (AvgIpc) is 3.11. The van der Waals surface area contributed by atoms with E-state index in [2.05, 4.69) is 6.92 Å². The van der Waals surface area contributed by atoms with E-state index in [0.717, 1.165) is 36.7 Å². The number of aliphatic hydroxyl groups excluding tert-OH is 1. The first-order valence-electron chi connectivity index (χ1n) is 6.20. The predicted molar refractivity (Wildman–Crippen MR) is 64.5 cm³/mol. The first kappa shape index (κ1) is 11.5. The van der Waals surface area contributed by atoms with Crippen LogP contribution < -0.4 is 4.74 Å². The molecule has 1 unspecified atom stereocenters. The SMILES string of the molecule is CCCOc1ccc(C(O)CC2CC2)cc1. The molecule has 2 heteroatoms. The molecule has 1 aromatic carbocycles. The van der Waals surface area contributed by atoms with Gasteiger partial charge < -0.3 is 9.84 Å². The molecule has 88 valence electrons. The van der Waals surface area contributed by atoms with Gasteiger partial charge in [-0.05, 0) is 36.5 Å². The monoisotopic (exact) mass is 220 g/mol. The fourth-order valence-electron chi connectivity index (χ4n) is 1.81. The van der Waals surface area contributed by atoms with Gasteiger partial charge in [-0.2, -0.15) is 0 Å². The molecule has 1 aliphatic rings. The largest absolute Gasteiger partial charge is 0.494 e. The van der Waals surface area contributed by atoms with E-state index in [0.29, 0.717) is 0 Å². The highest BCUT2D eigenvalue weighted by Crippen LogP contribution is 2.37. The highest BCUT2D eigenvalue weighted by molar-refractivity contribution is 5.28. The maximum Gasteiger partial charge on any atom is 0.119 e. The molecule has 16 heavy (non-hydrogen) atoms. The molecular formula is C14H20O2. The molecule has 2 rings (SSSR count). The van der Waals surface area contributed by atoms with Gasteiger partial charge in [0.1, 0.15) is 5.75 Å². The van der Waals surface area contributed by atoms with Crippen molar-refractivity contribution >= 4 is 0 Å². The van der Waals surface area contributed by atoms with Gasteiger partial charge in [0.15, 0.2) is 0 Å². The Hall–Kier alpha value is -1.02. The molecule has 0 bridgehead atoms. The molecule has 1 saturated carbocycles. The van der Waals surface area contributed by atoms with Crippen molar-refractivity contribution < 1.29 is 9.84 Å². The van der Waals surface area contributed by atoms with Crippen LogP contribution in [0.1, 0.15) is 44.3 Å². The molecule has 0 saturated heterocycles. The van der Waals surface area contributed by atoms with Gasteiger partial charge in [0.25, 0.3) is 0 Å². The molecule has 0 spiro atoms. The summed E-state index contributed by atoms with van der Waals surface area (Å²) in [5.41, 5.74) is 1.01. The quantitative estimate of drug-likeness (QED) is 0.797. The van der Waals surface area contributed by atoms with Crippen LogP contribution in [-0.2, 0) is 0 Å². The van der Waals surface area contributed by atoms with Crippen molar-refractivity contribution in [2.75, 3.05) is 6.61 Å². The number of rotatable bonds is 6. The van der Waals surface area contributed by atoms with E-state index < -0.39 is 0 Å². The maximum absolute atomic E-state index is 9.96. The second-order valence-electron chi connectivity index (χ2n) is 4.61. The first-order chi connectivity index (χ1) is 7.79. The molecule has 1 aliphatic carbocycles. The van der Waals surface area contributed by atoms with Gasteiger partial charge in [0, 0.05) is 0 Å². The van der Waals surface area contributed by atoms with E-state index in [9.17, 15) is 5.11 Å². The second kappa shape index (κ2) is 5.35. The molecule has 2 nitrogen and oxygen atoms in total. The third-order valence-electron chi connectivity index (χ3n) is 2.99. The van der Waals surface area contributed by atoms with Crippen LogP contribution in [0.3, 0.4) is 0 Å². The molecule has 0 radical (unpaired) electrons. The fraction of sp³-hybridized carbons (Fsp3) is 0.571. The van der Waals surface area contributed by atoms with Crippen LogP contribution in [0.5, 0.6) is 5.75 Å². The summed E-state index contributed by atoms with van der Waals surface area (Å²) < 4.78 is 5.50. The molecule has 1 aromatic rings. The maximum atomic E-state index is 9.96. The van der Waals surface area contributed by atoms with Crippen LogP contribution in [0, 0.1) is 5.92 Å². The summed E-state index contributed by atoms with van der Waals surface area (Å²) in [6, 6.07) is 7.83. The van der Waals surface area contributed by atoms with E-state index >= 15 is 0 Å². The van der Waals surface area contributed by atoms with E-state index in [4.69, 9.17) is 4.74 Å². The lowest BCUT2D eigenvalue weighted by Gasteiger charge is -2.11. The minimum Gasteiger partial charge on any atom is -0.494 e. The molecule has 0 aliphatic heterocycles. The molecule has 1 fully saturated rings. The Morgan fingerprint density at radius 1 is 1.31 bits per heavy atom. The van der Waals surface area contributed by atoms with Crippen LogP contribution in [0.4, 0.5) is 0 Å². The van der Waals surface area contributed by atoms with Crippen molar-refractivity contribution in [3.05, 3.63) is 29.8 Å². The standard InChI is InChI=1S/C14H20O2/c1-2-9-16-13-7-5-12(6-8-13)14(15)10-11-3-4-11/h5-8,11,14-15H,2-4,9-10H2,1H3. The summed E-state index contributed by atoms with van der Waals surface area (Å²) in [7, 11) is 0. The van der Waals surface area contributed by atoms with Gasteiger partial charge in [-0.1, -0.05) is 31.9 Å². The van der Waals surface area contributed by atoms with Crippen molar-refractivity contribution in [2.45, 2.75) is 38.7 Å². The number of aliphatic hydroxyl groups is 1. The van der Waals surface area contributed by atoms with Gasteiger partial charge >= 0.3 is 0 Å². The van der Waals surface area contributed by atoms with Crippen LogP contribution in [0.15, 0.2) is 24.3 Å². The van der Waals surface area contributed by atoms with Crippen molar-refractivity contribution in [3.8, 4) is 5.75 Å². The lowest BCUT2D eigenvalue weighted by atomic mass is 10.0. The van der Waals surface area contributed by atoms with Crippen molar-refractivity contribution in [1.82, 2.24) is 0 Å². The minimum atomic E-state index is -0.298. The van der Waals surface area contributed by atoms with E-state index in [1.54, 1.807) is 0 Å². The van der Waals surface area contributed by atoms with E-state index in [1.807, 2.05) is 24.3 Å². The first-order valence-corrected chi connectivity index (χ1v) is 6.20. The smallest absolute Gasteiger partial charge is 0.119 e. The highest BCUT2D eigenvalue weighted by atomic mass is 16.5. The number of hydrogen-bond donors (Lipinski definition) is 1. The summed E-state index contributed by atoms with van der Waals surface area (Å²) >= 11 is 0. The van der Waals surface area contributed by atoms with E-state index in [-0.39, 0.29) is 6.10 Å². The predicted octanol–water partition coefficient (Wildman–Crippen LogP) is 3.31. The lowest BCUT2D eigenvalue weighted by Crippen LogP contribution is -1.99. The fourth-order valence-corrected chi connectivity index (χ4v) is 1.81. The van der Waals surface area contributed by atoms with E-state index in [1.165, 1.54) is 12.8 Å². The third-order valence-corrected chi connectivity index (χ3v) is 2.99. The van der Waals surface area contributed by atoms with Crippen molar-refractivity contribution in [2.24, 2.45) is 5.92 Å². The van der Waals surface area contributed by atoms with Gasteiger partial charge in [-0.15, -0.1) is 0 Å². The average molecular weight is 220 g/mol. The molecule has 0 aromatic heterocycles. The molecule has 0 amide bonds. The van der Waals surface area contributed by atoms with Crippen molar-refractivity contribution in [3.63, 3.8) is 0 Å². The zero-order chi connectivity index (χ0) is 11.4. The Bertz CT molecular complexity index is 314. The lowest BCUT2D eigenvalue weighted by molar-refractivity contribution is 0.160. The Balaban J connectivity index is 1.89. The van der Waals surface area contributed by atoms with Gasteiger partial charge in [-0.3, -0.25) is 0 Å². The Labute approximate surface area is 97.3 Å². The van der Waals surface area contributed by atoms with Gasteiger partial charge in [-0.25, -0.2) is 0 Å². The molecule has 1 atom stereocenters. The normalized spacial score (nSPS) is 17.1.